The van der Waals surface area contributed by atoms with Crippen molar-refractivity contribution in [3.05, 3.63) is 62.6 Å². The third kappa shape index (κ3) is 3.82. The van der Waals surface area contributed by atoms with Crippen molar-refractivity contribution < 1.29 is 13.9 Å². The van der Waals surface area contributed by atoms with E-state index in [0.717, 1.165) is 10.9 Å². The number of halogens is 1. The number of ether oxygens (including phenoxy) is 1. The zero-order valence-electron chi connectivity index (χ0n) is 12.6. The van der Waals surface area contributed by atoms with Gasteiger partial charge in [0.1, 0.15) is 17.6 Å². The predicted molar refractivity (Wildman–Crippen MR) is 88.8 cm³/mol. The summed E-state index contributed by atoms with van der Waals surface area (Å²) in [5.41, 5.74) is 0.219. The third-order valence-electron chi connectivity index (χ3n) is 3.67. The molecule has 1 amide bonds. The second-order valence-electron chi connectivity index (χ2n) is 5.51. The van der Waals surface area contributed by atoms with Crippen LogP contribution in [0.25, 0.3) is 0 Å². The Balaban J connectivity index is 1.66. The average molecular weight is 378 g/mol. The molecular formula is C17H16BrNO4. The minimum Gasteiger partial charge on any atom is -0.488 e. The second kappa shape index (κ2) is 6.58. The molecule has 1 fully saturated rings. The fourth-order valence-electron chi connectivity index (χ4n) is 2.65. The van der Waals surface area contributed by atoms with Crippen LogP contribution in [0.3, 0.4) is 0 Å². The molecule has 2 heterocycles. The van der Waals surface area contributed by atoms with Gasteiger partial charge in [-0.25, -0.2) is 4.79 Å². The Bertz CT molecular complexity index is 786. The fraction of sp³-hybridized carbons (Fsp3) is 0.294. The first-order valence-corrected chi connectivity index (χ1v) is 8.14. The zero-order valence-corrected chi connectivity index (χ0v) is 14.2. The summed E-state index contributed by atoms with van der Waals surface area (Å²) >= 11 is 3.37. The molecule has 5 nitrogen and oxygen atoms in total. The van der Waals surface area contributed by atoms with Crippen LogP contribution in [0, 0.1) is 6.92 Å². The Morgan fingerprint density at radius 3 is 2.91 bits per heavy atom. The summed E-state index contributed by atoms with van der Waals surface area (Å²) < 4.78 is 11.6. The number of benzene rings is 1. The summed E-state index contributed by atoms with van der Waals surface area (Å²) in [4.78, 5) is 25.6. The highest BCUT2D eigenvalue weighted by molar-refractivity contribution is 9.10. The third-order valence-corrected chi connectivity index (χ3v) is 4.17. The van der Waals surface area contributed by atoms with Crippen molar-refractivity contribution in [3.8, 4) is 5.75 Å². The van der Waals surface area contributed by atoms with Crippen molar-refractivity contribution in [2.45, 2.75) is 19.4 Å². The van der Waals surface area contributed by atoms with Crippen LogP contribution < -0.4 is 10.4 Å². The van der Waals surface area contributed by atoms with E-state index in [2.05, 4.69) is 15.9 Å². The largest absolute Gasteiger partial charge is 0.488 e. The van der Waals surface area contributed by atoms with Gasteiger partial charge in [-0.2, -0.15) is 0 Å². The number of aryl methyl sites for hydroxylation is 1. The van der Waals surface area contributed by atoms with Gasteiger partial charge in [0.15, 0.2) is 0 Å². The van der Waals surface area contributed by atoms with E-state index in [-0.39, 0.29) is 12.0 Å². The minimum atomic E-state index is -0.430. The van der Waals surface area contributed by atoms with E-state index in [4.69, 9.17) is 9.15 Å². The Kier molecular flexibility index (Phi) is 4.52. The Hall–Kier alpha value is -2.08. The summed E-state index contributed by atoms with van der Waals surface area (Å²) in [5.74, 6) is 0.981. The van der Waals surface area contributed by atoms with Crippen molar-refractivity contribution >= 4 is 21.8 Å². The van der Waals surface area contributed by atoms with Crippen molar-refractivity contribution in [2.24, 2.45) is 0 Å². The molecule has 1 aromatic carbocycles. The lowest BCUT2D eigenvalue weighted by Gasteiger charge is -2.17. The van der Waals surface area contributed by atoms with Crippen molar-refractivity contribution in [3.63, 3.8) is 0 Å². The van der Waals surface area contributed by atoms with Crippen LogP contribution in [0.15, 0.2) is 50.1 Å². The van der Waals surface area contributed by atoms with E-state index in [9.17, 15) is 9.59 Å². The number of amides is 1. The lowest BCUT2D eigenvalue weighted by Crippen LogP contribution is -2.31. The Morgan fingerprint density at radius 2 is 2.17 bits per heavy atom. The quantitative estimate of drug-likeness (QED) is 0.824. The zero-order chi connectivity index (χ0) is 16.4. The minimum absolute atomic E-state index is 0.0128. The van der Waals surface area contributed by atoms with Crippen LogP contribution in [0.1, 0.15) is 22.5 Å². The van der Waals surface area contributed by atoms with Crippen LogP contribution >= 0.6 is 15.9 Å². The van der Waals surface area contributed by atoms with E-state index >= 15 is 0 Å². The number of hydrogen-bond donors (Lipinski definition) is 0. The standard InChI is InChI=1S/C17H16BrNO4/c1-11-7-15(9-16(20)22-11)23-14-5-6-19(10-14)17(21)12-3-2-4-13(18)8-12/h2-4,7-9,14H,5-6,10H2,1H3. The molecular weight excluding hydrogens is 362 g/mol. The van der Waals surface area contributed by atoms with Gasteiger partial charge in [0.2, 0.25) is 0 Å². The molecule has 0 saturated carbocycles. The molecule has 1 aliphatic rings. The number of nitrogens with zero attached hydrogens (tertiary/aromatic N) is 1. The molecule has 1 unspecified atom stereocenters. The molecule has 1 aliphatic heterocycles. The van der Waals surface area contributed by atoms with Gasteiger partial charge in [-0.1, -0.05) is 22.0 Å². The predicted octanol–water partition coefficient (Wildman–Crippen LogP) is 3.00. The topological polar surface area (TPSA) is 59.8 Å². The Morgan fingerprint density at radius 1 is 1.35 bits per heavy atom. The molecule has 0 radical (unpaired) electrons. The molecule has 0 aliphatic carbocycles. The molecule has 1 atom stereocenters. The Labute approximate surface area is 142 Å². The summed E-state index contributed by atoms with van der Waals surface area (Å²) in [6.45, 7) is 2.84. The SMILES string of the molecule is Cc1cc(OC2CCN(C(=O)c3cccc(Br)c3)C2)cc(=O)o1. The summed E-state index contributed by atoms with van der Waals surface area (Å²) in [7, 11) is 0. The van der Waals surface area contributed by atoms with Gasteiger partial charge < -0.3 is 14.1 Å². The fourth-order valence-corrected chi connectivity index (χ4v) is 3.05. The molecule has 3 rings (SSSR count). The molecule has 0 bridgehead atoms. The first-order chi connectivity index (χ1) is 11.0. The van der Waals surface area contributed by atoms with Crippen LogP contribution in [-0.4, -0.2) is 30.0 Å². The van der Waals surface area contributed by atoms with Gasteiger partial charge in [0.05, 0.1) is 12.6 Å². The monoisotopic (exact) mass is 377 g/mol. The normalized spacial score (nSPS) is 17.3. The lowest BCUT2D eigenvalue weighted by molar-refractivity contribution is 0.0772. The maximum Gasteiger partial charge on any atom is 0.339 e. The number of rotatable bonds is 3. The van der Waals surface area contributed by atoms with Crippen molar-refractivity contribution in [1.29, 1.82) is 0 Å². The van der Waals surface area contributed by atoms with Crippen molar-refractivity contribution in [2.75, 3.05) is 13.1 Å². The van der Waals surface area contributed by atoms with Crippen LogP contribution in [0.5, 0.6) is 5.75 Å². The molecule has 0 N–H and O–H groups in total. The van der Waals surface area contributed by atoms with Gasteiger partial charge in [-0.15, -0.1) is 0 Å². The number of hydrogen-bond acceptors (Lipinski definition) is 4. The van der Waals surface area contributed by atoms with E-state index in [0.29, 0.717) is 30.2 Å². The van der Waals surface area contributed by atoms with E-state index < -0.39 is 5.63 Å². The second-order valence-corrected chi connectivity index (χ2v) is 6.43. The highest BCUT2D eigenvalue weighted by atomic mass is 79.9. The number of likely N-dealkylation sites (tertiary alicyclic amines) is 1. The molecule has 6 heteroatoms. The van der Waals surface area contributed by atoms with Gasteiger partial charge in [0.25, 0.3) is 5.91 Å². The highest BCUT2D eigenvalue weighted by Crippen LogP contribution is 2.21. The molecule has 23 heavy (non-hydrogen) atoms. The summed E-state index contributed by atoms with van der Waals surface area (Å²) in [5, 5.41) is 0. The maximum atomic E-state index is 12.5. The van der Waals surface area contributed by atoms with Gasteiger partial charge in [0, 0.05) is 29.1 Å². The van der Waals surface area contributed by atoms with Gasteiger partial charge in [-0.05, 0) is 25.1 Å². The maximum absolute atomic E-state index is 12.5. The molecule has 120 valence electrons. The smallest absolute Gasteiger partial charge is 0.339 e. The first-order valence-electron chi connectivity index (χ1n) is 7.34. The van der Waals surface area contributed by atoms with Gasteiger partial charge >= 0.3 is 5.63 Å². The molecule has 0 spiro atoms. The van der Waals surface area contributed by atoms with E-state index in [1.165, 1.54) is 6.07 Å². The first kappa shape index (κ1) is 15.8. The lowest BCUT2D eigenvalue weighted by atomic mass is 10.2. The molecule has 1 aromatic heterocycles. The van der Waals surface area contributed by atoms with Crippen LogP contribution in [0.4, 0.5) is 0 Å². The molecule has 1 saturated heterocycles. The average Bonchev–Trinajstić information content (AvgIpc) is 2.94. The van der Waals surface area contributed by atoms with Crippen molar-refractivity contribution in [1.82, 2.24) is 4.90 Å². The van der Waals surface area contributed by atoms with Gasteiger partial charge in [-0.3, -0.25) is 4.79 Å². The number of carbonyl (C=O) groups is 1. The molecule has 2 aromatic rings. The van der Waals surface area contributed by atoms with E-state index in [1.807, 2.05) is 18.2 Å². The number of carbonyl (C=O) groups excluding carboxylic acids is 1. The van der Waals surface area contributed by atoms with E-state index in [1.54, 1.807) is 24.0 Å². The highest BCUT2D eigenvalue weighted by Gasteiger charge is 2.28. The summed E-state index contributed by atoms with van der Waals surface area (Å²) in [6.07, 6.45) is 0.617. The van der Waals surface area contributed by atoms with Crippen LogP contribution in [0.2, 0.25) is 0 Å². The van der Waals surface area contributed by atoms with Crippen LogP contribution in [-0.2, 0) is 0 Å². The summed E-state index contributed by atoms with van der Waals surface area (Å²) in [6, 6.07) is 10.3.